The number of amides is 3. The number of aryl methyl sites for hydroxylation is 3. The number of nitrogens with one attached hydrogen (secondary N) is 2. The van der Waals surface area contributed by atoms with Crippen LogP contribution >= 0.6 is 0 Å². The predicted octanol–water partition coefficient (Wildman–Crippen LogP) is 3.14. The number of hydrogen-bond donors (Lipinski definition) is 2. The number of carbonyl (C=O) groups is 3. The van der Waals surface area contributed by atoms with Crippen LogP contribution in [0.25, 0.3) is 0 Å². The van der Waals surface area contributed by atoms with Crippen LogP contribution in [0.1, 0.15) is 23.1 Å². The molecule has 2 N–H and O–H groups in total. The monoisotopic (exact) mass is 384 g/mol. The van der Waals surface area contributed by atoms with E-state index in [1.807, 2.05) is 44.2 Å². The summed E-state index contributed by atoms with van der Waals surface area (Å²) in [6.07, 6.45) is 0.617. The molecule has 2 rings (SSSR count). The van der Waals surface area contributed by atoms with Gasteiger partial charge in [-0.05, 0) is 61.2 Å². The molecule has 0 aromatic heterocycles. The Morgan fingerprint density at radius 2 is 1.68 bits per heavy atom. The number of ether oxygens (including phenoxy) is 2. The minimum absolute atomic E-state index is 0.133. The molecule has 0 aliphatic rings. The van der Waals surface area contributed by atoms with Crippen LogP contribution in [0.5, 0.6) is 5.75 Å². The lowest BCUT2D eigenvalue weighted by Crippen LogP contribution is -2.37. The molecule has 0 saturated heterocycles. The van der Waals surface area contributed by atoms with Crippen LogP contribution in [-0.2, 0) is 20.7 Å². The molecule has 28 heavy (non-hydrogen) atoms. The number of methoxy groups -OCH3 is 1. The second-order valence-corrected chi connectivity index (χ2v) is 6.31. The van der Waals surface area contributed by atoms with Crippen molar-refractivity contribution < 1.29 is 23.9 Å². The third-order valence-electron chi connectivity index (χ3n) is 4.16. The zero-order valence-corrected chi connectivity index (χ0v) is 16.2. The summed E-state index contributed by atoms with van der Waals surface area (Å²) < 4.78 is 9.97. The Bertz CT molecular complexity index is 846. The molecular formula is C21H24N2O5. The third-order valence-corrected chi connectivity index (χ3v) is 4.16. The molecule has 7 heteroatoms. The molecular weight excluding hydrogens is 360 g/mol. The number of imide groups is 1. The van der Waals surface area contributed by atoms with Gasteiger partial charge in [-0.3, -0.25) is 14.9 Å². The summed E-state index contributed by atoms with van der Waals surface area (Å²) >= 11 is 0. The van der Waals surface area contributed by atoms with Gasteiger partial charge in [0.25, 0.3) is 5.91 Å². The normalized spacial score (nSPS) is 10.1. The first kappa shape index (κ1) is 21.0. The zero-order chi connectivity index (χ0) is 20.5. The highest BCUT2D eigenvalue weighted by Crippen LogP contribution is 2.14. The van der Waals surface area contributed by atoms with Gasteiger partial charge in [0.15, 0.2) is 6.61 Å². The summed E-state index contributed by atoms with van der Waals surface area (Å²) in [6.45, 7) is 3.38. The van der Waals surface area contributed by atoms with Crippen LogP contribution < -0.4 is 15.4 Å². The first-order valence-electron chi connectivity index (χ1n) is 8.84. The standard InChI is InChI=1S/C21H24N2O5/c1-14-4-8-17(12-15(14)2)22-21(26)23-19(24)13-28-20(25)11-7-16-5-9-18(27-3)10-6-16/h4-6,8-10,12H,7,11,13H2,1-3H3,(H2,22,23,24,26). The number of hydrogen-bond acceptors (Lipinski definition) is 5. The molecule has 2 aromatic carbocycles. The van der Waals surface area contributed by atoms with Crippen molar-refractivity contribution in [2.45, 2.75) is 26.7 Å². The zero-order valence-electron chi connectivity index (χ0n) is 16.2. The number of anilines is 1. The van der Waals surface area contributed by atoms with Gasteiger partial charge >= 0.3 is 12.0 Å². The van der Waals surface area contributed by atoms with Crippen molar-refractivity contribution in [2.75, 3.05) is 19.0 Å². The molecule has 0 saturated carbocycles. The molecule has 0 aliphatic carbocycles. The highest BCUT2D eigenvalue weighted by molar-refractivity contribution is 6.01. The molecule has 148 valence electrons. The SMILES string of the molecule is COc1ccc(CCC(=O)OCC(=O)NC(=O)Nc2ccc(C)c(C)c2)cc1. The van der Waals surface area contributed by atoms with E-state index in [9.17, 15) is 14.4 Å². The van der Waals surface area contributed by atoms with Crippen molar-refractivity contribution in [3.05, 3.63) is 59.2 Å². The lowest BCUT2D eigenvalue weighted by molar-refractivity contribution is -0.148. The van der Waals surface area contributed by atoms with Crippen molar-refractivity contribution in [1.82, 2.24) is 5.32 Å². The van der Waals surface area contributed by atoms with E-state index in [0.717, 1.165) is 22.4 Å². The van der Waals surface area contributed by atoms with Crippen LogP contribution in [0.4, 0.5) is 10.5 Å². The van der Waals surface area contributed by atoms with Crippen LogP contribution in [0.2, 0.25) is 0 Å². The van der Waals surface area contributed by atoms with Crippen molar-refractivity contribution in [3.63, 3.8) is 0 Å². The van der Waals surface area contributed by atoms with E-state index in [-0.39, 0.29) is 6.42 Å². The minimum atomic E-state index is -0.695. The molecule has 0 aliphatic heterocycles. The fourth-order valence-corrected chi connectivity index (χ4v) is 2.40. The molecule has 0 heterocycles. The van der Waals surface area contributed by atoms with E-state index in [1.165, 1.54) is 0 Å². The first-order valence-corrected chi connectivity index (χ1v) is 8.84. The highest BCUT2D eigenvalue weighted by atomic mass is 16.5. The fourth-order valence-electron chi connectivity index (χ4n) is 2.40. The topological polar surface area (TPSA) is 93.7 Å². The maximum atomic E-state index is 11.8. The Balaban J connectivity index is 1.69. The van der Waals surface area contributed by atoms with Crippen molar-refractivity contribution in [3.8, 4) is 5.75 Å². The quantitative estimate of drug-likeness (QED) is 0.716. The molecule has 0 bridgehead atoms. The third kappa shape index (κ3) is 6.75. The van der Waals surface area contributed by atoms with E-state index in [2.05, 4.69) is 10.6 Å². The Morgan fingerprint density at radius 3 is 2.32 bits per heavy atom. The Hall–Kier alpha value is -3.35. The highest BCUT2D eigenvalue weighted by Gasteiger charge is 2.11. The average molecular weight is 384 g/mol. The van der Waals surface area contributed by atoms with Crippen molar-refractivity contribution >= 4 is 23.6 Å². The molecule has 0 unspecified atom stereocenters. The smallest absolute Gasteiger partial charge is 0.325 e. The molecule has 0 atom stereocenters. The summed E-state index contributed by atoms with van der Waals surface area (Å²) in [5.74, 6) is -0.471. The van der Waals surface area contributed by atoms with Gasteiger partial charge in [0, 0.05) is 12.1 Å². The molecule has 0 radical (unpaired) electrons. The largest absolute Gasteiger partial charge is 0.497 e. The molecule has 0 fully saturated rings. The van der Waals surface area contributed by atoms with E-state index in [1.54, 1.807) is 19.2 Å². The van der Waals surface area contributed by atoms with Crippen LogP contribution in [0.15, 0.2) is 42.5 Å². The van der Waals surface area contributed by atoms with Gasteiger partial charge in [-0.2, -0.15) is 0 Å². The Kier molecular flexibility index (Phi) is 7.56. The van der Waals surface area contributed by atoms with Gasteiger partial charge in [-0.15, -0.1) is 0 Å². The van der Waals surface area contributed by atoms with Gasteiger partial charge in [0.05, 0.1) is 7.11 Å². The average Bonchev–Trinajstić information content (AvgIpc) is 2.68. The maximum absolute atomic E-state index is 11.8. The second kappa shape index (κ2) is 10.1. The van der Waals surface area contributed by atoms with Gasteiger partial charge in [-0.1, -0.05) is 18.2 Å². The number of esters is 1. The lowest BCUT2D eigenvalue weighted by Gasteiger charge is -2.09. The van der Waals surface area contributed by atoms with E-state index in [0.29, 0.717) is 12.1 Å². The number of benzene rings is 2. The summed E-state index contributed by atoms with van der Waals surface area (Å²) in [4.78, 5) is 35.3. The fraction of sp³-hybridized carbons (Fsp3) is 0.286. The van der Waals surface area contributed by atoms with Gasteiger partial charge in [0.1, 0.15) is 5.75 Å². The van der Waals surface area contributed by atoms with Crippen LogP contribution in [0, 0.1) is 13.8 Å². The minimum Gasteiger partial charge on any atom is -0.497 e. The van der Waals surface area contributed by atoms with Crippen molar-refractivity contribution in [2.24, 2.45) is 0 Å². The number of urea groups is 1. The van der Waals surface area contributed by atoms with Gasteiger partial charge < -0.3 is 14.8 Å². The summed E-state index contributed by atoms with van der Waals surface area (Å²) in [6, 6.07) is 12.1. The predicted molar refractivity (Wildman–Crippen MR) is 105 cm³/mol. The van der Waals surface area contributed by atoms with E-state index in [4.69, 9.17) is 9.47 Å². The number of rotatable bonds is 7. The maximum Gasteiger partial charge on any atom is 0.325 e. The first-order chi connectivity index (χ1) is 13.4. The molecule has 3 amide bonds. The summed E-state index contributed by atoms with van der Waals surface area (Å²) in [5, 5.41) is 4.69. The molecule has 2 aromatic rings. The van der Waals surface area contributed by atoms with Crippen LogP contribution in [0.3, 0.4) is 0 Å². The lowest BCUT2D eigenvalue weighted by atomic mass is 10.1. The molecule has 7 nitrogen and oxygen atoms in total. The molecule has 0 spiro atoms. The summed E-state index contributed by atoms with van der Waals surface area (Å²) in [5.41, 5.74) is 3.65. The second-order valence-electron chi connectivity index (χ2n) is 6.31. The summed E-state index contributed by atoms with van der Waals surface area (Å²) in [7, 11) is 1.58. The van der Waals surface area contributed by atoms with Crippen LogP contribution in [-0.4, -0.2) is 31.6 Å². The van der Waals surface area contributed by atoms with E-state index >= 15 is 0 Å². The number of carbonyl (C=O) groups excluding carboxylic acids is 3. The Labute approximate surface area is 164 Å². The van der Waals surface area contributed by atoms with Crippen molar-refractivity contribution in [1.29, 1.82) is 0 Å². The Morgan fingerprint density at radius 1 is 0.964 bits per heavy atom. The van der Waals surface area contributed by atoms with Gasteiger partial charge in [-0.25, -0.2) is 4.79 Å². The van der Waals surface area contributed by atoms with E-state index < -0.39 is 24.5 Å². The van der Waals surface area contributed by atoms with Gasteiger partial charge in [0.2, 0.25) is 0 Å².